The fourth-order valence-corrected chi connectivity index (χ4v) is 2.48. The Morgan fingerprint density at radius 3 is 2.22 bits per heavy atom. The second-order valence-electron chi connectivity index (χ2n) is 5.33. The van der Waals surface area contributed by atoms with Gasteiger partial charge in [-0.25, -0.2) is 4.99 Å². The number of halogens is 1. The van der Waals surface area contributed by atoms with Crippen LogP contribution >= 0.6 is 11.6 Å². The van der Waals surface area contributed by atoms with Crippen LogP contribution in [0.4, 0.5) is 5.69 Å². The minimum atomic E-state index is 0.106. The molecule has 3 rings (SSSR count). The highest BCUT2D eigenvalue weighted by Gasteiger charge is 2.09. The van der Waals surface area contributed by atoms with Gasteiger partial charge in [-0.15, -0.1) is 0 Å². The van der Waals surface area contributed by atoms with Crippen LogP contribution in [0, 0.1) is 6.92 Å². The van der Waals surface area contributed by atoms with Crippen molar-refractivity contribution in [1.82, 2.24) is 0 Å². The van der Waals surface area contributed by atoms with Gasteiger partial charge >= 0.3 is 0 Å². The molecule has 0 amide bonds. The Labute approximate surface area is 140 Å². The third kappa shape index (κ3) is 3.61. The van der Waals surface area contributed by atoms with E-state index in [4.69, 9.17) is 11.6 Å². The van der Waals surface area contributed by atoms with Crippen LogP contribution < -0.4 is 0 Å². The Hall–Kier alpha value is -2.58. The SMILES string of the molecule is Cc1ccc(C(=Nc2cc(Cl)ccc2O)c2ccccc2)cc1. The number of phenolic OH excluding ortho intramolecular Hbond substituents is 1. The Morgan fingerprint density at radius 2 is 1.52 bits per heavy atom. The van der Waals surface area contributed by atoms with Crippen molar-refractivity contribution in [3.63, 3.8) is 0 Å². The summed E-state index contributed by atoms with van der Waals surface area (Å²) in [4.78, 5) is 4.67. The lowest BCUT2D eigenvalue weighted by molar-refractivity contribution is 0.477. The molecule has 3 aromatic rings. The molecule has 1 N–H and O–H groups in total. The highest BCUT2D eigenvalue weighted by molar-refractivity contribution is 6.31. The molecule has 0 fully saturated rings. The van der Waals surface area contributed by atoms with Gasteiger partial charge in [-0.1, -0.05) is 71.8 Å². The molecule has 0 radical (unpaired) electrons. The van der Waals surface area contributed by atoms with Crippen LogP contribution in [-0.4, -0.2) is 10.8 Å². The molecule has 0 atom stereocenters. The molecule has 0 aromatic heterocycles. The third-order valence-electron chi connectivity index (χ3n) is 3.54. The molecular formula is C20H16ClNO. The number of aromatic hydroxyl groups is 1. The van der Waals surface area contributed by atoms with Crippen LogP contribution in [0.5, 0.6) is 5.75 Å². The van der Waals surface area contributed by atoms with E-state index in [2.05, 4.69) is 4.99 Å². The standard InChI is InChI=1S/C20H16ClNO/c1-14-7-9-16(10-8-14)20(15-5-3-2-4-6-15)22-18-13-17(21)11-12-19(18)23/h2-13,23H,1H3. The molecule has 0 saturated heterocycles. The van der Waals surface area contributed by atoms with Crippen LogP contribution in [-0.2, 0) is 0 Å². The molecule has 0 aliphatic rings. The monoisotopic (exact) mass is 321 g/mol. The number of aliphatic imine (C=N–C) groups is 1. The molecule has 0 bridgehead atoms. The van der Waals surface area contributed by atoms with Gasteiger partial charge in [0.15, 0.2) is 0 Å². The van der Waals surface area contributed by atoms with E-state index >= 15 is 0 Å². The Balaban J connectivity index is 2.17. The molecule has 0 heterocycles. The third-order valence-corrected chi connectivity index (χ3v) is 3.78. The molecule has 0 aliphatic carbocycles. The minimum Gasteiger partial charge on any atom is -0.506 e. The van der Waals surface area contributed by atoms with Crippen molar-refractivity contribution in [3.05, 3.63) is 94.5 Å². The lowest BCUT2D eigenvalue weighted by Crippen LogP contribution is -2.02. The van der Waals surface area contributed by atoms with Crippen LogP contribution in [0.15, 0.2) is 77.8 Å². The number of nitrogens with zero attached hydrogens (tertiary/aromatic N) is 1. The highest BCUT2D eigenvalue weighted by atomic mass is 35.5. The van der Waals surface area contributed by atoms with E-state index in [0.29, 0.717) is 10.7 Å². The van der Waals surface area contributed by atoms with Gasteiger partial charge in [0.2, 0.25) is 0 Å². The minimum absolute atomic E-state index is 0.106. The molecule has 23 heavy (non-hydrogen) atoms. The lowest BCUT2D eigenvalue weighted by Gasteiger charge is -2.09. The molecule has 2 nitrogen and oxygen atoms in total. The van der Waals surface area contributed by atoms with Crippen molar-refractivity contribution in [3.8, 4) is 5.75 Å². The summed E-state index contributed by atoms with van der Waals surface area (Å²) in [5, 5.41) is 10.6. The molecule has 0 saturated carbocycles. The van der Waals surface area contributed by atoms with Gasteiger partial charge in [-0.2, -0.15) is 0 Å². The van der Waals surface area contributed by atoms with Crippen molar-refractivity contribution in [1.29, 1.82) is 0 Å². The summed E-state index contributed by atoms with van der Waals surface area (Å²) in [6.45, 7) is 2.05. The van der Waals surface area contributed by atoms with Gasteiger partial charge < -0.3 is 5.11 Å². The second-order valence-corrected chi connectivity index (χ2v) is 5.76. The Bertz CT molecular complexity index is 839. The first-order valence-corrected chi connectivity index (χ1v) is 7.71. The molecule has 0 unspecified atom stereocenters. The number of hydrogen-bond donors (Lipinski definition) is 1. The normalized spacial score (nSPS) is 11.5. The second kappa shape index (κ2) is 6.67. The van der Waals surface area contributed by atoms with Crippen LogP contribution in [0.2, 0.25) is 5.02 Å². The number of rotatable bonds is 3. The quantitative estimate of drug-likeness (QED) is 0.633. The fraction of sp³-hybridized carbons (Fsp3) is 0.0500. The first-order valence-electron chi connectivity index (χ1n) is 7.33. The zero-order valence-corrected chi connectivity index (χ0v) is 13.5. The fourth-order valence-electron chi connectivity index (χ4n) is 2.31. The van der Waals surface area contributed by atoms with E-state index in [-0.39, 0.29) is 5.75 Å². The zero-order valence-electron chi connectivity index (χ0n) is 12.7. The van der Waals surface area contributed by atoms with E-state index in [1.54, 1.807) is 18.2 Å². The van der Waals surface area contributed by atoms with E-state index in [0.717, 1.165) is 16.8 Å². The molecular weight excluding hydrogens is 306 g/mol. The van der Waals surface area contributed by atoms with Crippen molar-refractivity contribution in [2.75, 3.05) is 0 Å². The van der Waals surface area contributed by atoms with Gasteiger partial charge in [-0.05, 0) is 25.1 Å². The highest BCUT2D eigenvalue weighted by Crippen LogP contribution is 2.31. The smallest absolute Gasteiger partial charge is 0.141 e. The summed E-state index contributed by atoms with van der Waals surface area (Å²) in [7, 11) is 0. The van der Waals surface area contributed by atoms with Gasteiger partial charge in [0.25, 0.3) is 0 Å². The van der Waals surface area contributed by atoms with Gasteiger partial charge in [0.05, 0.1) is 5.71 Å². The predicted octanol–water partition coefficient (Wildman–Crippen LogP) is 5.52. The molecule has 3 aromatic carbocycles. The first kappa shape index (κ1) is 15.3. The Morgan fingerprint density at radius 1 is 0.870 bits per heavy atom. The van der Waals surface area contributed by atoms with Gasteiger partial charge in [0.1, 0.15) is 11.4 Å². The van der Waals surface area contributed by atoms with Crippen LogP contribution in [0.1, 0.15) is 16.7 Å². The summed E-state index contributed by atoms with van der Waals surface area (Å²) in [6.07, 6.45) is 0. The van der Waals surface area contributed by atoms with E-state index < -0.39 is 0 Å². The molecule has 0 spiro atoms. The Kier molecular flexibility index (Phi) is 4.45. The largest absolute Gasteiger partial charge is 0.506 e. The number of hydrogen-bond acceptors (Lipinski definition) is 2. The molecule has 0 aliphatic heterocycles. The summed E-state index contributed by atoms with van der Waals surface area (Å²) in [5.41, 5.74) is 4.41. The average molecular weight is 322 g/mol. The number of phenols is 1. The van der Waals surface area contributed by atoms with Gasteiger partial charge in [-0.3, -0.25) is 0 Å². The van der Waals surface area contributed by atoms with Crippen molar-refractivity contribution < 1.29 is 5.11 Å². The summed E-state index contributed by atoms with van der Waals surface area (Å²) in [5.74, 6) is 0.106. The topological polar surface area (TPSA) is 32.6 Å². The molecule has 3 heteroatoms. The average Bonchev–Trinajstić information content (AvgIpc) is 2.57. The zero-order chi connectivity index (χ0) is 16.2. The van der Waals surface area contributed by atoms with Crippen molar-refractivity contribution in [2.24, 2.45) is 4.99 Å². The molecule has 114 valence electrons. The lowest BCUT2D eigenvalue weighted by atomic mass is 10.0. The number of benzene rings is 3. The summed E-state index contributed by atoms with van der Waals surface area (Å²) in [6, 6.07) is 22.9. The maximum atomic E-state index is 10.1. The van der Waals surface area contributed by atoms with Crippen molar-refractivity contribution in [2.45, 2.75) is 6.92 Å². The first-order chi connectivity index (χ1) is 11.1. The van der Waals surface area contributed by atoms with E-state index in [1.165, 1.54) is 5.56 Å². The van der Waals surface area contributed by atoms with E-state index in [1.807, 2.05) is 61.5 Å². The van der Waals surface area contributed by atoms with Crippen LogP contribution in [0.25, 0.3) is 0 Å². The van der Waals surface area contributed by atoms with Crippen LogP contribution in [0.3, 0.4) is 0 Å². The van der Waals surface area contributed by atoms with E-state index in [9.17, 15) is 5.11 Å². The number of aryl methyl sites for hydroxylation is 1. The van der Waals surface area contributed by atoms with Gasteiger partial charge in [0, 0.05) is 16.1 Å². The summed E-state index contributed by atoms with van der Waals surface area (Å²) < 4.78 is 0. The predicted molar refractivity (Wildman–Crippen MR) is 96.0 cm³/mol. The maximum absolute atomic E-state index is 10.1. The van der Waals surface area contributed by atoms with Crippen molar-refractivity contribution >= 4 is 23.0 Å². The summed E-state index contributed by atoms with van der Waals surface area (Å²) >= 11 is 6.03. The maximum Gasteiger partial charge on any atom is 0.141 e.